The van der Waals surface area contributed by atoms with E-state index in [9.17, 15) is 10.1 Å². The van der Waals surface area contributed by atoms with Gasteiger partial charge in [-0.25, -0.2) is 0 Å². The van der Waals surface area contributed by atoms with Crippen molar-refractivity contribution in [1.82, 2.24) is 4.98 Å². The van der Waals surface area contributed by atoms with Crippen molar-refractivity contribution < 1.29 is 4.79 Å². The predicted octanol–water partition coefficient (Wildman–Crippen LogP) is 3.77. The van der Waals surface area contributed by atoms with Crippen molar-refractivity contribution in [2.24, 2.45) is 11.7 Å². The summed E-state index contributed by atoms with van der Waals surface area (Å²) in [4.78, 5) is 16.9. The maximum absolute atomic E-state index is 12.5. The molecule has 3 rings (SSSR count). The first-order valence-electron chi connectivity index (χ1n) is 8.65. The lowest BCUT2D eigenvalue weighted by Gasteiger charge is -2.15. The van der Waals surface area contributed by atoms with Crippen LogP contribution >= 0.6 is 0 Å². The van der Waals surface area contributed by atoms with E-state index in [0.29, 0.717) is 11.3 Å². The Labute approximate surface area is 147 Å². The third kappa shape index (κ3) is 3.86. The summed E-state index contributed by atoms with van der Waals surface area (Å²) in [7, 11) is 0. The average Bonchev–Trinajstić information content (AvgIpc) is 2.64. The van der Waals surface area contributed by atoms with Gasteiger partial charge in [0, 0.05) is 29.4 Å². The molecule has 2 bridgehead atoms. The number of nitriles is 1. The molecule has 2 aromatic rings. The van der Waals surface area contributed by atoms with E-state index in [2.05, 4.69) is 16.4 Å². The number of anilines is 1. The van der Waals surface area contributed by atoms with E-state index in [0.717, 1.165) is 42.5 Å². The number of hydrogen-bond acceptors (Lipinski definition) is 4. The largest absolute Gasteiger partial charge is 0.325 e. The van der Waals surface area contributed by atoms with Crippen molar-refractivity contribution >= 4 is 11.6 Å². The van der Waals surface area contributed by atoms with Gasteiger partial charge in [0.25, 0.3) is 0 Å². The van der Waals surface area contributed by atoms with Crippen LogP contribution in [0.15, 0.2) is 36.5 Å². The highest BCUT2D eigenvalue weighted by atomic mass is 16.1. The maximum Gasteiger partial charge on any atom is 0.227 e. The van der Waals surface area contributed by atoms with Crippen LogP contribution in [0.25, 0.3) is 11.1 Å². The van der Waals surface area contributed by atoms with Crippen molar-refractivity contribution in [2.75, 3.05) is 5.32 Å². The molecule has 128 valence electrons. The van der Waals surface area contributed by atoms with E-state index < -0.39 is 0 Å². The van der Waals surface area contributed by atoms with Gasteiger partial charge < -0.3 is 11.1 Å². The molecule has 5 nitrogen and oxygen atoms in total. The summed E-state index contributed by atoms with van der Waals surface area (Å²) in [6.45, 7) is 1.93. The Morgan fingerprint density at radius 1 is 1.24 bits per heavy atom. The Balaban J connectivity index is 2.10. The number of pyridine rings is 1. The van der Waals surface area contributed by atoms with Crippen LogP contribution in [-0.4, -0.2) is 10.9 Å². The van der Waals surface area contributed by atoms with Gasteiger partial charge in [0.15, 0.2) is 0 Å². The molecule has 0 aliphatic carbocycles. The fourth-order valence-electron chi connectivity index (χ4n) is 3.14. The zero-order chi connectivity index (χ0) is 17.8. The smallest absolute Gasteiger partial charge is 0.227 e. The van der Waals surface area contributed by atoms with E-state index >= 15 is 0 Å². The summed E-state index contributed by atoms with van der Waals surface area (Å²) in [6, 6.07) is 11.2. The minimum absolute atomic E-state index is 0.0193. The second-order valence-electron chi connectivity index (χ2n) is 6.62. The molecule has 1 aromatic carbocycles. The maximum atomic E-state index is 12.5. The highest BCUT2D eigenvalue weighted by Gasteiger charge is 2.18. The highest BCUT2D eigenvalue weighted by molar-refractivity contribution is 5.97. The molecule has 25 heavy (non-hydrogen) atoms. The average molecular weight is 334 g/mol. The third-order valence-electron chi connectivity index (χ3n) is 4.73. The topological polar surface area (TPSA) is 91.8 Å². The molecule has 2 unspecified atom stereocenters. The Bertz CT molecular complexity index is 825. The second-order valence-corrected chi connectivity index (χ2v) is 6.62. The Morgan fingerprint density at radius 2 is 2.04 bits per heavy atom. The number of nitrogens with two attached hydrogens (primary N) is 1. The molecule has 1 aliphatic heterocycles. The molecule has 1 aliphatic rings. The van der Waals surface area contributed by atoms with E-state index in [1.807, 2.05) is 25.1 Å². The first-order chi connectivity index (χ1) is 12.1. The van der Waals surface area contributed by atoms with Gasteiger partial charge in [-0.2, -0.15) is 5.26 Å². The molecule has 1 aromatic heterocycles. The van der Waals surface area contributed by atoms with Crippen molar-refractivity contribution in [3.63, 3.8) is 0 Å². The van der Waals surface area contributed by atoms with Crippen molar-refractivity contribution in [3.8, 4) is 17.2 Å². The summed E-state index contributed by atoms with van der Waals surface area (Å²) in [5, 5.41) is 12.2. The van der Waals surface area contributed by atoms with Crippen LogP contribution < -0.4 is 11.1 Å². The summed E-state index contributed by atoms with van der Waals surface area (Å²) in [5.74, 6) is -0.106. The summed E-state index contributed by atoms with van der Waals surface area (Å²) in [5.41, 5.74) is 10.1. The normalized spacial score (nSPS) is 20.9. The lowest BCUT2D eigenvalue weighted by atomic mass is 9.99. The molecule has 0 radical (unpaired) electrons. The number of fused-ring (bicyclic) bond motifs is 4. The standard InChI is InChI=1S/C20H22N4O/c1-13-4-2-3-5-17(22)19-11-15(8-9-23-19)16-7-6-14(12-21)10-18(16)24-20(13)25/h6-11,13,17H,2-5,22H2,1H3,(H,24,25). The van der Waals surface area contributed by atoms with Gasteiger partial charge in [-0.1, -0.05) is 25.8 Å². The van der Waals surface area contributed by atoms with Crippen LogP contribution in [0.3, 0.4) is 0 Å². The number of nitrogens with zero attached hydrogens (tertiary/aromatic N) is 2. The van der Waals surface area contributed by atoms with Gasteiger partial charge in [0.2, 0.25) is 5.91 Å². The molecule has 0 fully saturated rings. The van der Waals surface area contributed by atoms with Crippen LogP contribution in [0, 0.1) is 17.2 Å². The van der Waals surface area contributed by atoms with Crippen LogP contribution in [0.1, 0.15) is 49.9 Å². The minimum Gasteiger partial charge on any atom is -0.325 e. The van der Waals surface area contributed by atoms with Gasteiger partial charge >= 0.3 is 0 Å². The monoisotopic (exact) mass is 334 g/mol. The SMILES string of the molecule is CC1CCCCC(N)c2cc(ccn2)-c2ccc(C#N)cc2NC1=O. The van der Waals surface area contributed by atoms with E-state index in [1.54, 1.807) is 18.3 Å². The van der Waals surface area contributed by atoms with Gasteiger partial charge in [-0.15, -0.1) is 0 Å². The van der Waals surface area contributed by atoms with E-state index in [1.165, 1.54) is 0 Å². The molecule has 0 saturated carbocycles. The number of carbonyl (C=O) groups is 1. The van der Waals surface area contributed by atoms with Gasteiger partial charge in [0.05, 0.1) is 17.3 Å². The molecular formula is C20H22N4O. The van der Waals surface area contributed by atoms with Gasteiger partial charge in [-0.05, 0) is 42.7 Å². The first kappa shape index (κ1) is 17.1. The minimum atomic E-state index is -0.110. The number of carbonyl (C=O) groups excluding carboxylic acids is 1. The van der Waals surface area contributed by atoms with Crippen LogP contribution in [-0.2, 0) is 4.79 Å². The molecule has 0 saturated heterocycles. The number of hydrogen-bond donors (Lipinski definition) is 2. The summed E-state index contributed by atoms with van der Waals surface area (Å²) < 4.78 is 0. The number of rotatable bonds is 0. The van der Waals surface area contributed by atoms with Crippen LogP contribution in [0.2, 0.25) is 0 Å². The number of nitrogens with one attached hydrogen (secondary N) is 1. The van der Waals surface area contributed by atoms with Crippen molar-refractivity contribution in [3.05, 3.63) is 47.8 Å². The fourth-order valence-corrected chi connectivity index (χ4v) is 3.14. The Kier molecular flexibility index (Phi) is 5.11. The molecule has 2 heterocycles. The Hall–Kier alpha value is -2.71. The van der Waals surface area contributed by atoms with Crippen molar-refractivity contribution in [1.29, 1.82) is 5.26 Å². The molecule has 1 amide bonds. The Morgan fingerprint density at radius 3 is 2.84 bits per heavy atom. The highest BCUT2D eigenvalue weighted by Crippen LogP contribution is 2.31. The first-order valence-corrected chi connectivity index (χ1v) is 8.65. The zero-order valence-electron chi connectivity index (χ0n) is 14.3. The zero-order valence-corrected chi connectivity index (χ0v) is 14.3. The lowest BCUT2D eigenvalue weighted by Crippen LogP contribution is -2.20. The van der Waals surface area contributed by atoms with Crippen LogP contribution in [0.5, 0.6) is 0 Å². The van der Waals surface area contributed by atoms with Gasteiger partial charge in [-0.3, -0.25) is 9.78 Å². The molecule has 3 N–H and O–H groups in total. The van der Waals surface area contributed by atoms with E-state index in [-0.39, 0.29) is 17.9 Å². The molecule has 0 spiro atoms. The number of amides is 1. The molecule has 5 heteroatoms. The van der Waals surface area contributed by atoms with Gasteiger partial charge in [0.1, 0.15) is 0 Å². The third-order valence-corrected chi connectivity index (χ3v) is 4.73. The number of aromatic nitrogens is 1. The number of benzene rings is 1. The fraction of sp³-hybridized carbons (Fsp3) is 0.350. The summed E-state index contributed by atoms with van der Waals surface area (Å²) >= 11 is 0. The lowest BCUT2D eigenvalue weighted by molar-refractivity contribution is -0.119. The van der Waals surface area contributed by atoms with Crippen LogP contribution in [0.4, 0.5) is 5.69 Å². The molecular weight excluding hydrogens is 312 g/mol. The molecule has 2 atom stereocenters. The summed E-state index contributed by atoms with van der Waals surface area (Å²) in [6.07, 6.45) is 5.34. The van der Waals surface area contributed by atoms with Crippen molar-refractivity contribution in [2.45, 2.75) is 38.6 Å². The second kappa shape index (κ2) is 7.45. The quantitative estimate of drug-likeness (QED) is 0.767. The predicted molar refractivity (Wildman–Crippen MR) is 97.6 cm³/mol. The van der Waals surface area contributed by atoms with E-state index in [4.69, 9.17) is 5.73 Å².